The van der Waals surface area contributed by atoms with Crippen molar-refractivity contribution in [1.82, 2.24) is 5.32 Å². The summed E-state index contributed by atoms with van der Waals surface area (Å²) >= 11 is 0. The third-order valence-electron chi connectivity index (χ3n) is 1.44. The highest BCUT2D eigenvalue weighted by Gasteiger charge is 2.04. The van der Waals surface area contributed by atoms with Crippen LogP contribution in [-0.2, 0) is 0 Å². The molecule has 0 heterocycles. The van der Waals surface area contributed by atoms with Crippen molar-refractivity contribution in [3.05, 3.63) is 0 Å². The second-order valence-electron chi connectivity index (χ2n) is 2.38. The van der Waals surface area contributed by atoms with E-state index in [1.54, 1.807) is 6.92 Å². The van der Waals surface area contributed by atoms with E-state index in [9.17, 15) is 0 Å². The lowest BCUT2D eigenvalue weighted by molar-refractivity contribution is 0.315. The highest BCUT2D eigenvalue weighted by atomic mass is 16.4. The fraction of sp³-hybridized carbons (Fsp3) is 0.625. The molecule has 0 aliphatic heterocycles. The van der Waals surface area contributed by atoms with Gasteiger partial charge in [0.15, 0.2) is 5.84 Å². The van der Waals surface area contributed by atoms with E-state index >= 15 is 0 Å². The van der Waals surface area contributed by atoms with Crippen LogP contribution in [0.5, 0.6) is 0 Å². The van der Waals surface area contributed by atoms with E-state index in [0.29, 0.717) is 0 Å². The van der Waals surface area contributed by atoms with Gasteiger partial charge in [0, 0.05) is 13.0 Å². The van der Waals surface area contributed by atoms with Crippen LogP contribution in [0.2, 0.25) is 0 Å². The van der Waals surface area contributed by atoms with Gasteiger partial charge < -0.3 is 16.3 Å². The zero-order chi connectivity index (χ0) is 9.40. The summed E-state index contributed by atoms with van der Waals surface area (Å²) in [7, 11) is 0. The maximum absolute atomic E-state index is 8.30. The summed E-state index contributed by atoms with van der Waals surface area (Å²) in [4.78, 5) is 0. The maximum atomic E-state index is 8.30. The van der Waals surface area contributed by atoms with Crippen LogP contribution in [0.25, 0.3) is 0 Å². The van der Waals surface area contributed by atoms with E-state index in [-0.39, 0.29) is 11.9 Å². The minimum Gasteiger partial charge on any atom is -0.409 e. The molecule has 4 nitrogen and oxygen atoms in total. The van der Waals surface area contributed by atoms with Crippen molar-refractivity contribution in [3.8, 4) is 11.8 Å². The Bertz CT molecular complexity index is 202. The standard InChI is InChI=1S/C8H15N3O/c1-3-4-5-6-10-7(2)8(9)11-12/h7,10,12H,5-6H2,1-2H3,(H2,9,11). The molecule has 0 aromatic rings. The molecule has 0 aromatic carbocycles. The molecule has 0 radical (unpaired) electrons. The summed E-state index contributed by atoms with van der Waals surface area (Å²) in [5, 5.41) is 14.2. The van der Waals surface area contributed by atoms with Crippen molar-refractivity contribution >= 4 is 5.84 Å². The Morgan fingerprint density at radius 1 is 1.75 bits per heavy atom. The minimum atomic E-state index is -0.103. The van der Waals surface area contributed by atoms with Crippen LogP contribution in [-0.4, -0.2) is 23.6 Å². The summed E-state index contributed by atoms with van der Waals surface area (Å²) in [6.45, 7) is 4.37. The van der Waals surface area contributed by atoms with E-state index in [4.69, 9.17) is 10.9 Å². The first-order chi connectivity index (χ1) is 5.72. The van der Waals surface area contributed by atoms with Gasteiger partial charge in [0.1, 0.15) is 0 Å². The highest BCUT2D eigenvalue weighted by molar-refractivity contribution is 5.84. The molecule has 0 aliphatic rings. The zero-order valence-corrected chi connectivity index (χ0v) is 7.46. The van der Waals surface area contributed by atoms with Crippen molar-refractivity contribution in [1.29, 1.82) is 0 Å². The first-order valence-electron chi connectivity index (χ1n) is 3.82. The average molecular weight is 169 g/mol. The first-order valence-corrected chi connectivity index (χ1v) is 3.82. The third kappa shape index (κ3) is 4.58. The van der Waals surface area contributed by atoms with Crippen molar-refractivity contribution in [2.45, 2.75) is 26.3 Å². The number of nitrogens with zero attached hydrogens (tertiary/aromatic N) is 1. The van der Waals surface area contributed by atoms with Crippen LogP contribution >= 0.6 is 0 Å². The molecule has 12 heavy (non-hydrogen) atoms. The van der Waals surface area contributed by atoms with Crippen LogP contribution in [0.4, 0.5) is 0 Å². The number of nitrogens with two attached hydrogens (primary N) is 1. The topological polar surface area (TPSA) is 70.6 Å². The Hall–Kier alpha value is -1.21. The number of nitrogens with one attached hydrogen (secondary N) is 1. The van der Waals surface area contributed by atoms with Crippen LogP contribution in [0.3, 0.4) is 0 Å². The summed E-state index contributed by atoms with van der Waals surface area (Å²) in [5.41, 5.74) is 5.33. The lowest BCUT2D eigenvalue weighted by Gasteiger charge is -2.09. The molecular weight excluding hydrogens is 154 g/mol. The van der Waals surface area contributed by atoms with Gasteiger partial charge in [0.25, 0.3) is 0 Å². The average Bonchev–Trinajstić information content (AvgIpc) is 2.10. The third-order valence-corrected chi connectivity index (χ3v) is 1.44. The fourth-order valence-electron chi connectivity index (χ4n) is 0.667. The lowest BCUT2D eigenvalue weighted by Crippen LogP contribution is -2.39. The quantitative estimate of drug-likeness (QED) is 0.140. The van der Waals surface area contributed by atoms with Gasteiger partial charge in [-0.2, -0.15) is 0 Å². The Balaban J connectivity index is 3.55. The van der Waals surface area contributed by atoms with Gasteiger partial charge in [-0.05, 0) is 13.8 Å². The lowest BCUT2D eigenvalue weighted by atomic mass is 10.3. The van der Waals surface area contributed by atoms with Crippen LogP contribution in [0.1, 0.15) is 20.3 Å². The van der Waals surface area contributed by atoms with E-state index < -0.39 is 0 Å². The molecule has 4 N–H and O–H groups in total. The van der Waals surface area contributed by atoms with E-state index in [0.717, 1.165) is 13.0 Å². The molecular formula is C8H15N3O. The SMILES string of the molecule is CC#CCCNC(C)C(N)=NO. The van der Waals surface area contributed by atoms with Gasteiger partial charge in [-0.15, -0.1) is 11.8 Å². The van der Waals surface area contributed by atoms with E-state index in [1.807, 2.05) is 6.92 Å². The molecule has 0 aliphatic carbocycles. The number of hydrogen-bond donors (Lipinski definition) is 3. The van der Waals surface area contributed by atoms with Gasteiger partial charge >= 0.3 is 0 Å². The molecule has 68 valence electrons. The van der Waals surface area contributed by atoms with Gasteiger partial charge in [-0.3, -0.25) is 0 Å². The molecule has 0 amide bonds. The molecule has 0 fully saturated rings. The second-order valence-corrected chi connectivity index (χ2v) is 2.38. The van der Waals surface area contributed by atoms with Crippen LogP contribution in [0, 0.1) is 11.8 Å². The summed E-state index contributed by atoms with van der Waals surface area (Å²) < 4.78 is 0. The Labute approximate surface area is 72.8 Å². The van der Waals surface area contributed by atoms with E-state index in [1.165, 1.54) is 0 Å². The largest absolute Gasteiger partial charge is 0.409 e. The zero-order valence-electron chi connectivity index (χ0n) is 7.46. The second kappa shape index (κ2) is 6.50. The monoisotopic (exact) mass is 169 g/mol. The number of rotatable bonds is 4. The van der Waals surface area contributed by atoms with Gasteiger partial charge in [-0.25, -0.2) is 0 Å². The molecule has 0 spiro atoms. The molecule has 0 rings (SSSR count). The van der Waals surface area contributed by atoms with Gasteiger partial charge in [0.05, 0.1) is 6.04 Å². The molecule has 1 unspecified atom stereocenters. The number of amidine groups is 1. The first kappa shape index (κ1) is 10.8. The Kier molecular flexibility index (Phi) is 5.84. The Morgan fingerprint density at radius 3 is 2.92 bits per heavy atom. The van der Waals surface area contributed by atoms with Crippen molar-refractivity contribution in [3.63, 3.8) is 0 Å². The number of oxime groups is 1. The minimum absolute atomic E-state index is 0.103. The predicted octanol–water partition coefficient (Wildman–Crippen LogP) is 0.124. The Morgan fingerprint density at radius 2 is 2.42 bits per heavy atom. The van der Waals surface area contributed by atoms with Crippen molar-refractivity contribution in [2.24, 2.45) is 10.9 Å². The summed E-state index contributed by atoms with van der Waals surface area (Å²) in [5.74, 6) is 5.88. The summed E-state index contributed by atoms with van der Waals surface area (Å²) in [6.07, 6.45) is 0.777. The molecule has 0 saturated carbocycles. The van der Waals surface area contributed by atoms with Crippen LogP contribution < -0.4 is 11.1 Å². The highest BCUT2D eigenvalue weighted by Crippen LogP contribution is 1.82. The number of hydrogen-bond acceptors (Lipinski definition) is 3. The predicted molar refractivity (Wildman–Crippen MR) is 48.9 cm³/mol. The molecule has 0 aromatic heterocycles. The van der Waals surface area contributed by atoms with Crippen molar-refractivity contribution < 1.29 is 5.21 Å². The normalized spacial score (nSPS) is 13.3. The fourth-order valence-corrected chi connectivity index (χ4v) is 0.667. The van der Waals surface area contributed by atoms with Crippen LogP contribution in [0.15, 0.2) is 5.16 Å². The van der Waals surface area contributed by atoms with Gasteiger partial charge in [0.2, 0.25) is 0 Å². The molecule has 4 heteroatoms. The summed E-state index contributed by atoms with van der Waals surface area (Å²) in [6, 6.07) is -0.103. The molecule has 0 saturated heterocycles. The molecule has 0 bridgehead atoms. The van der Waals surface area contributed by atoms with Gasteiger partial charge in [-0.1, -0.05) is 5.16 Å². The smallest absolute Gasteiger partial charge is 0.156 e. The van der Waals surface area contributed by atoms with E-state index in [2.05, 4.69) is 22.3 Å². The maximum Gasteiger partial charge on any atom is 0.156 e. The van der Waals surface area contributed by atoms with Crippen molar-refractivity contribution in [2.75, 3.05) is 6.54 Å². The molecule has 1 atom stereocenters.